The Morgan fingerprint density at radius 1 is 1.30 bits per heavy atom. The van der Waals surface area contributed by atoms with Gasteiger partial charge in [-0.05, 0) is 17.0 Å². The fraction of sp³-hybridized carbons (Fsp3) is 0.158. The van der Waals surface area contributed by atoms with E-state index in [9.17, 15) is 14.4 Å². The fourth-order valence-corrected chi connectivity index (χ4v) is 3.48. The number of aliphatic imine (C=N–C) groups is 1. The molecule has 2 aromatic rings. The van der Waals surface area contributed by atoms with E-state index in [0.29, 0.717) is 11.4 Å². The molecule has 0 fully saturated rings. The third kappa shape index (κ3) is 3.95. The van der Waals surface area contributed by atoms with E-state index >= 15 is 0 Å². The Labute approximate surface area is 159 Å². The largest absolute Gasteiger partial charge is 0.479 e. The molecule has 1 aliphatic heterocycles. The van der Waals surface area contributed by atoms with Crippen LogP contribution in [0.1, 0.15) is 10.4 Å². The monoisotopic (exact) mass is 383 g/mol. The normalized spacial score (nSPS) is 17.3. The van der Waals surface area contributed by atoms with Gasteiger partial charge in [0.05, 0.1) is 10.6 Å². The number of likely N-dealkylation sites (N-methyl/N-ethyl adjacent to an activating group) is 1. The highest BCUT2D eigenvalue weighted by atomic mass is 32.1. The number of amides is 1. The molecule has 2 heterocycles. The lowest BCUT2D eigenvalue weighted by Crippen LogP contribution is -2.50. The molecule has 138 valence electrons. The molecule has 0 radical (unpaired) electrons. The number of nitrogens with one attached hydrogen (secondary N) is 1. The standard InChI is InChI=1S/C19H17N3O4S/c1-22-17(21-14(19(25)26)15(23)18(22)24)16-13(9-11-27-16)20-10-5-8-12-6-3-2-4-7-12/h2-9,11,14,20H,10H2,1H3,(H,25,26)/b8-5+. The smallest absolute Gasteiger partial charge is 0.336 e. The number of aliphatic carboxylic acids is 1. The van der Waals surface area contributed by atoms with Crippen molar-refractivity contribution in [3.8, 4) is 0 Å². The number of anilines is 1. The number of hydrogen-bond donors (Lipinski definition) is 2. The van der Waals surface area contributed by atoms with Crippen LogP contribution in [0.3, 0.4) is 0 Å². The number of rotatable bonds is 6. The topological polar surface area (TPSA) is 99.1 Å². The van der Waals surface area contributed by atoms with E-state index in [-0.39, 0.29) is 5.84 Å². The molecule has 1 aromatic heterocycles. The zero-order valence-corrected chi connectivity index (χ0v) is 15.3. The lowest BCUT2D eigenvalue weighted by Gasteiger charge is -2.25. The molecule has 0 saturated heterocycles. The van der Waals surface area contributed by atoms with Gasteiger partial charge in [-0.2, -0.15) is 0 Å². The Morgan fingerprint density at radius 3 is 2.74 bits per heavy atom. The number of Topliss-reactive ketones (excluding diaryl/α,β-unsaturated/α-hetero) is 1. The summed E-state index contributed by atoms with van der Waals surface area (Å²) in [6.45, 7) is 0.533. The maximum Gasteiger partial charge on any atom is 0.336 e. The number of ketones is 1. The van der Waals surface area contributed by atoms with E-state index in [1.807, 2.05) is 53.9 Å². The minimum absolute atomic E-state index is 0.177. The number of carboxylic acid groups (broad SMARTS) is 1. The van der Waals surface area contributed by atoms with Gasteiger partial charge in [-0.15, -0.1) is 11.3 Å². The van der Waals surface area contributed by atoms with Gasteiger partial charge in [-0.1, -0.05) is 42.5 Å². The Bertz CT molecular complexity index is 933. The van der Waals surface area contributed by atoms with Gasteiger partial charge in [-0.25, -0.2) is 9.79 Å². The van der Waals surface area contributed by atoms with Crippen LogP contribution in [-0.2, 0) is 14.4 Å². The second-order valence-electron chi connectivity index (χ2n) is 5.78. The lowest BCUT2D eigenvalue weighted by atomic mass is 10.1. The molecule has 1 atom stereocenters. The molecule has 7 nitrogen and oxygen atoms in total. The summed E-state index contributed by atoms with van der Waals surface area (Å²) in [5.41, 5.74) is 1.80. The molecule has 0 saturated carbocycles. The number of hydrogen-bond acceptors (Lipinski definition) is 6. The quantitative estimate of drug-likeness (QED) is 0.588. The summed E-state index contributed by atoms with van der Waals surface area (Å²) in [6.07, 6.45) is 3.93. The summed E-state index contributed by atoms with van der Waals surface area (Å²) in [7, 11) is 1.41. The van der Waals surface area contributed by atoms with Crippen LogP contribution in [0, 0.1) is 0 Å². The molecular formula is C19H17N3O4S. The van der Waals surface area contributed by atoms with Crippen molar-refractivity contribution in [2.24, 2.45) is 4.99 Å². The number of thiophene rings is 1. The number of amidine groups is 1. The van der Waals surface area contributed by atoms with Gasteiger partial charge in [0, 0.05) is 13.6 Å². The SMILES string of the molecule is CN1C(=O)C(=O)C(C(=O)O)N=C1c1sccc1NC/C=C/c1ccccc1. The number of carbonyl (C=O) groups excluding carboxylic acids is 2. The summed E-state index contributed by atoms with van der Waals surface area (Å²) < 4.78 is 0. The molecule has 1 unspecified atom stereocenters. The first-order valence-corrected chi connectivity index (χ1v) is 9.03. The number of carbonyl (C=O) groups is 3. The number of carboxylic acids is 1. The number of nitrogens with zero attached hydrogens (tertiary/aromatic N) is 2. The van der Waals surface area contributed by atoms with Crippen LogP contribution in [0.4, 0.5) is 5.69 Å². The molecule has 0 spiro atoms. The van der Waals surface area contributed by atoms with E-state index < -0.39 is 23.7 Å². The second-order valence-corrected chi connectivity index (χ2v) is 6.70. The molecule has 1 aliphatic rings. The van der Waals surface area contributed by atoms with Crippen LogP contribution in [0.15, 0.2) is 52.8 Å². The highest BCUT2D eigenvalue weighted by Gasteiger charge is 2.40. The van der Waals surface area contributed by atoms with Crippen molar-refractivity contribution in [2.45, 2.75) is 6.04 Å². The first-order chi connectivity index (χ1) is 13.0. The van der Waals surface area contributed by atoms with E-state index in [4.69, 9.17) is 5.11 Å². The van der Waals surface area contributed by atoms with Crippen molar-refractivity contribution >= 4 is 46.6 Å². The Kier molecular flexibility index (Phi) is 5.46. The van der Waals surface area contributed by atoms with Crippen molar-refractivity contribution in [3.05, 3.63) is 58.3 Å². The van der Waals surface area contributed by atoms with Crippen molar-refractivity contribution in [2.75, 3.05) is 18.9 Å². The van der Waals surface area contributed by atoms with Gasteiger partial charge in [0.2, 0.25) is 6.04 Å². The third-order valence-corrected chi connectivity index (χ3v) is 4.87. The molecular weight excluding hydrogens is 366 g/mol. The number of benzene rings is 1. The summed E-state index contributed by atoms with van der Waals surface area (Å²) >= 11 is 1.32. The summed E-state index contributed by atoms with van der Waals surface area (Å²) in [5.74, 6) is -3.17. The first-order valence-electron chi connectivity index (χ1n) is 8.15. The third-order valence-electron chi connectivity index (χ3n) is 3.96. The minimum Gasteiger partial charge on any atom is -0.479 e. The summed E-state index contributed by atoms with van der Waals surface area (Å²) in [4.78, 5) is 40.8. The predicted octanol–water partition coefficient (Wildman–Crippen LogP) is 2.11. The minimum atomic E-state index is -1.70. The molecule has 3 rings (SSSR count). The van der Waals surface area contributed by atoms with Gasteiger partial charge in [0.1, 0.15) is 0 Å². The van der Waals surface area contributed by atoms with Crippen molar-refractivity contribution in [3.63, 3.8) is 0 Å². The summed E-state index contributed by atoms with van der Waals surface area (Å²) in [6, 6.07) is 9.97. The van der Waals surface area contributed by atoms with Crippen LogP contribution in [0.25, 0.3) is 6.08 Å². The zero-order valence-electron chi connectivity index (χ0n) is 14.5. The molecule has 0 bridgehead atoms. The summed E-state index contributed by atoms with van der Waals surface area (Å²) in [5, 5.41) is 14.2. The van der Waals surface area contributed by atoms with Crippen molar-refractivity contribution < 1.29 is 19.5 Å². The maximum absolute atomic E-state index is 12.1. The van der Waals surface area contributed by atoms with E-state index in [1.165, 1.54) is 18.4 Å². The highest BCUT2D eigenvalue weighted by molar-refractivity contribution is 7.12. The average molecular weight is 383 g/mol. The maximum atomic E-state index is 12.1. The molecule has 0 aliphatic carbocycles. The van der Waals surface area contributed by atoms with E-state index in [1.54, 1.807) is 0 Å². The van der Waals surface area contributed by atoms with E-state index in [0.717, 1.165) is 16.2 Å². The zero-order chi connectivity index (χ0) is 19.4. The van der Waals surface area contributed by atoms with E-state index in [2.05, 4.69) is 10.3 Å². The Balaban J connectivity index is 1.78. The lowest BCUT2D eigenvalue weighted by molar-refractivity contribution is -0.149. The van der Waals surface area contributed by atoms with Crippen LogP contribution < -0.4 is 5.32 Å². The second kappa shape index (κ2) is 7.96. The van der Waals surface area contributed by atoms with Gasteiger partial charge >= 0.3 is 5.97 Å². The first kappa shape index (κ1) is 18.5. The Morgan fingerprint density at radius 2 is 2.04 bits per heavy atom. The Hall–Kier alpha value is -3.26. The van der Waals surface area contributed by atoms with Crippen molar-refractivity contribution in [1.82, 2.24) is 4.90 Å². The fourth-order valence-electron chi connectivity index (χ4n) is 2.57. The molecule has 8 heteroatoms. The van der Waals surface area contributed by atoms with Gasteiger partial charge < -0.3 is 10.4 Å². The molecule has 1 aromatic carbocycles. The van der Waals surface area contributed by atoms with Crippen LogP contribution >= 0.6 is 11.3 Å². The van der Waals surface area contributed by atoms with Crippen molar-refractivity contribution in [1.29, 1.82) is 0 Å². The predicted molar refractivity (Wildman–Crippen MR) is 104 cm³/mol. The van der Waals surface area contributed by atoms with Crippen LogP contribution in [0.5, 0.6) is 0 Å². The highest BCUT2D eigenvalue weighted by Crippen LogP contribution is 2.26. The van der Waals surface area contributed by atoms with Gasteiger partial charge in [-0.3, -0.25) is 14.5 Å². The van der Waals surface area contributed by atoms with Crippen LogP contribution in [0.2, 0.25) is 0 Å². The van der Waals surface area contributed by atoms with Crippen LogP contribution in [-0.4, -0.2) is 53.1 Å². The molecule has 2 N–H and O–H groups in total. The average Bonchev–Trinajstić information content (AvgIpc) is 3.12. The van der Waals surface area contributed by atoms with Gasteiger partial charge in [0.15, 0.2) is 5.84 Å². The molecule has 27 heavy (non-hydrogen) atoms. The molecule has 1 amide bonds. The van der Waals surface area contributed by atoms with Gasteiger partial charge in [0.25, 0.3) is 11.7 Å².